The average Bonchev–Trinajstić information content (AvgIpc) is 2.32. The van der Waals surface area contributed by atoms with Gasteiger partial charge in [0, 0.05) is 12.1 Å². The summed E-state index contributed by atoms with van der Waals surface area (Å²) in [4.78, 5) is 10.8. The molecule has 0 amide bonds. The smallest absolute Gasteiger partial charge is 0.160 e. The molecular weight excluding hydrogens is 142 g/mol. The van der Waals surface area contributed by atoms with Gasteiger partial charge in [-0.05, 0) is 30.0 Å². The first kappa shape index (κ1) is 6.22. The summed E-state index contributed by atoms with van der Waals surface area (Å²) in [5.74, 6) is 0.0590. The number of rotatable bonds is 0. The monoisotopic (exact) mass is 148 g/mol. The third kappa shape index (κ3) is 0.852. The molecule has 1 aliphatic carbocycles. The molecule has 0 radical (unpaired) electrons. The molecule has 1 heterocycles. The molecule has 0 saturated carbocycles. The summed E-state index contributed by atoms with van der Waals surface area (Å²) in [6.07, 6.45) is 4.79. The second-order valence-corrected chi connectivity index (χ2v) is 2.53. The van der Waals surface area contributed by atoms with Crippen molar-refractivity contribution in [1.82, 2.24) is 4.73 Å². The van der Waals surface area contributed by atoms with E-state index in [4.69, 9.17) is 0 Å². The van der Waals surface area contributed by atoms with E-state index in [0.717, 1.165) is 10.3 Å². The number of aromatic nitrogens is 1. The van der Waals surface area contributed by atoms with E-state index in [1.54, 1.807) is 12.1 Å². The fourth-order valence-corrected chi connectivity index (χ4v) is 1.21. The van der Waals surface area contributed by atoms with Gasteiger partial charge in [0.2, 0.25) is 0 Å². The Morgan fingerprint density at radius 1 is 1.45 bits per heavy atom. The zero-order valence-corrected chi connectivity index (χ0v) is 5.78. The molecule has 0 N–H and O–H groups in total. The van der Waals surface area contributed by atoms with Crippen molar-refractivity contribution in [3.63, 3.8) is 0 Å². The lowest BCUT2D eigenvalue weighted by Crippen LogP contribution is -2.04. The van der Waals surface area contributed by atoms with Crippen LogP contribution in [-0.2, 0) is 11.2 Å². The summed E-state index contributed by atoms with van der Waals surface area (Å²) < 4.78 is 0.776. The Balaban J connectivity index is 2.56. The van der Waals surface area contributed by atoms with Gasteiger partial charge in [0.15, 0.2) is 5.78 Å². The normalized spacial score (nSPS) is 15.1. The van der Waals surface area contributed by atoms with Crippen LogP contribution in [0.5, 0.6) is 0 Å². The van der Waals surface area contributed by atoms with Gasteiger partial charge in [-0.3, -0.25) is 4.79 Å². The van der Waals surface area contributed by atoms with Crippen molar-refractivity contribution in [1.29, 1.82) is 0 Å². The molecule has 0 aliphatic heterocycles. The van der Waals surface area contributed by atoms with E-state index < -0.39 is 0 Å². The van der Waals surface area contributed by atoms with Crippen molar-refractivity contribution in [3.05, 3.63) is 34.8 Å². The largest absolute Gasteiger partial charge is 0.806 e. The molecule has 0 spiro atoms. The maximum Gasteiger partial charge on any atom is 0.160 e. The van der Waals surface area contributed by atoms with Crippen LogP contribution in [0, 0.1) is 5.21 Å². The van der Waals surface area contributed by atoms with E-state index in [2.05, 4.69) is 0 Å². The highest BCUT2D eigenvalue weighted by molar-refractivity contribution is 5.98. The molecule has 0 saturated heterocycles. The van der Waals surface area contributed by atoms with Crippen LogP contribution in [0.3, 0.4) is 0 Å². The molecule has 1 aliphatic rings. The zero-order valence-electron chi connectivity index (χ0n) is 5.78. The Kier molecular flexibility index (Phi) is 1.12. The van der Waals surface area contributed by atoms with E-state index >= 15 is 0 Å². The summed E-state index contributed by atoms with van der Waals surface area (Å²) in [7, 11) is 0. The van der Waals surface area contributed by atoms with Crippen molar-refractivity contribution in [2.45, 2.75) is 6.42 Å². The summed E-state index contributed by atoms with van der Waals surface area (Å²) in [6.45, 7) is 0. The minimum Gasteiger partial charge on any atom is -0.806 e. The zero-order chi connectivity index (χ0) is 7.84. The maximum absolute atomic E-state index is 10.9. The maximum atomic E-state index is 10.9. The third-order valence-corrected chi connectivity index (χ3v) is 1.77. The second-order valence-electron chi connectivity index (χ2n) is 2.53. The van der Waals surface area contributed by atoms with E-state index in [-0.39, 0.29) is 5.78 Å². The van der Waals surface area contributed by atoms with Crippen LogP contribution >= 0.6 is 0 Å². The average molecular weight is 148 g/mol. The molecule has 0 fully saturated rings. The number of fused-ring (bicyclic) bond motifs is 1. The van der Waals surface area contributed by atoms with E-state index in [9.17, 15) is 10.0 Å². The molecule has 2 rings (SSSR count). The molecule has 11 heavy (non-hydrogen) atoms. The van der Waals surface area contributed by atoms with Crippen LogP contribution in [0.2, 0.25) is 0 Å². The van der Waals surface area contributed by atoms with Crippen LogP contribution in [0.25, 0.3) is 6.08 Å². The van der Waals surface area contributed by atoms with Gasteiger partial charge in [-0.2, -0.15) is 0 Å². The Morgan fingerprint density at radius 2 is 2.27 bits per heavy atom. The Morgan fingerprint density at radius 3 is 3.09 bits per heavy atom. The standard InChI is InChI=1S/C8H6NO2/c10-7-1-2-8-6(5-7)3-4-9(8)11/h1-4H,5H2/q-1. The molecule has 0 atom stereocenters. The molecule has 56 valence electrons. The van der Waals surface area contributed by atoms with Gasteiger partial charge in [-0.25, -0.2) is 0 Å². The van der Waals surface area contributed by atoms with Gasteiger partial charge in [0.25, 0.3) is 0 Å². The Labute approximate surface area is 63.5 Å². The van der Waals surface area contributed by atoms with Crippen molar-refractivity contribution < 1.29 is 4.79 Å². The van der Waals surface area contributed by atoms with E-state index in [0.29, 0.717) is 12.1 Å². The lowest BCUT2D eigenvalue weighted by atomic mass is 10.0. The van der Waals surface area contributed by atoms with Crippen molar-refractivity contribution in [2.75, 3.05) is 0 Å². The fraction of sp³-hybridized carbons (Fsp3) is 0.125. The van der Waals surface area contributed by atoms with Gasteiger partial charge in [0.05, 0.1) is 0 Å². The molecule has 3 nitrogen and oxygen atoms in total. The highest BCUT2D eigenvalue weighted by Gasteiger charge is 2.10. The number of carbonyl (C=O) groups is 1. The second kappa shape index (κ2) is 1.99. The van der Waals surface area contributed by atoms with Crippen LogP contribution < -0.4 is 0 Å². The molecule has 0 unspecified atom stereocenters. The highest BCUT2D eigenvalue weighted by Crippen LogP contribution is 2.17. The summed E-state index contributed by atoms with van der Waals surface area (Å²) in [6, 6.07) is 1.68. The SMILES string of the molecule is O=C1C=Cc2c(ccn2[O-])C1. The first-order valence-electron chi connectivity index (χ1n) is 3.36. The summed E-state index contributed by atoms with van der Waals surface area (Å²) >= 11 is 0. The van der Waals surface area contributed by atoms with Crippen LogP contribution in [0.4, 0.5) is 0 Å². The Bertz CT molecular complexity index is 336. The summed E-state index contributed by atoms with van der Waals surface area (Å²) in [5, 5.41) is 10.9. The molecule has 3 heteroatoms. The number of ketones is 1. The van der Waals surface area contributed by atoms with Crippen LogP contribution in [-0.4, -0.2) is 10.5 Å². The van der Waals surface area contributed by atoms with Crippen molar-refractivity contribution in [2.24, 2.45) is 0 Å². The van der Waals surface area contributed by atoms with Crippen LogP contribution in [0.15, 0.2) is 18.3 Å². The van der Waals surface area contributed by atoms with Gasteiger partial charge < -0.3 is 9.94 Å². The quantitative estimate of drug-likeness (QED) is 0.550. The molecule has 1 aromatic heterocycles. The number of hydrogen-bond donors (Lipinski definition) is 0. The first-order valence-corrected chi connectivity index (χ1v) is 3.36. The number of carbonyl (C=O) groups excluding carboxylic acids is 1. The molecule has 1 aromatic rings. The van der Waals surface area contributed by atoms with E-state index in [1.807, 2.05) is 0 Å². The third-order valence-electron chi connectivity index (χ3n) is 1.77. The van der Waals surface area contributed by atoms with Gasteiger partial charge >= 0.3 is 0 Å². The van der Waals surface area contributed by atoms with Gasteiger partial charge in [0.1, 0.15) is 0 Å². The summed E-state index contributed by atoms with van der Waals surface area (Å²) in [5.41, 5.74) is 1.43. The molecule has 0 aromatic carbocycles. The topological polar surface area (TPSA) is 45.1 Å². The predicted octanol–water partition coefficient (Wildman–Crippen LogP) is 0.972. The van der Waals surface area contributed by atoms with Gasteiger partial charge in [-0.15, -0.1) is 0 Å². The van der Waals surface area contributed by atoms with Crippen molar-refractivity contribution in [3.8, 4) is 0 Å². The number of hydrogen-bond acceptors (Lipinski definition) is 2. The highest BCUT2D eigenvalue weighted by atomic mass is 16.5. The number of nitrogens with zero attached hydrogens (tertiary/aromatic N) is 1. The molecular formula is C8H6NO2-. The first-order chi connectivity index (χ1) is 5.27. The van der Waals surface area contributed by atoms with E-state index in [1.165, 1.54) is 12.3 Å². The lowest BCUT2D eigenvalue weighted by Gasteiger charge is -2.12. The minimum absolute atomic E-state index is 0.0590. The Hall–Kier alpha value is -1.51. The van der Waals surface area contributed by atoms with Crippen LogP contribution in [0.1, 0.15) is 11.3 Å². The lowest BCUT2D eigenvalue weighted by molar-refractivity contribution is -0.114. The predicted molar refractivity (Wildman–Crippen MR) is 40.9 cm³/mol. The number of allylic oxidation sites excluding steroid dienone is 1. The fourth-order valence-electron chi connectivity index (χ4n) is 1.21. The van der Waals surface area contributed by atoms with Crippen molar-refractivity contribution >= 4 is 11.9 Å². The minimum atomic E-state index is 0.0590. The van der Waals surface area contributed by atoms with Gasteiger partial charge in [-0.1, -0.05) is 0 Å². The molecule has 0 bridgehead atoms.